The minimum Gasteiger partial charge on any atom is -0.334 e. The van der Waals surface area contributed by atoms with Crippen LogP contribution in [-0.4, -0.2) is 22.1 Å². The van der Waals surface area contributed by atoms with E-state index in [9.17, 15) is 0 Å². The van der Waals surface area contributed by atoms with Gasteiger partial charge in [-0.2, -0.15) is 0 Å². The van der Waals surface area contributed by atoms with Gasteiger partial charge < -0.3 is 4.90 Å². The van der Waals surface area contributed by atoms with E-state index < -0.39 is 0 Å². The van der Waals surface area contributed by atoms with Crippen molar-refractivity contribution in [3.05, 3.63) is 29.6 Å². The molecule has 1 aromatic heterocycles. The summed E-state index contributed by atoms with van der Waals surface area (Å²) < 4.78 is 0. The summed E-state index contributed by atoms with van der Waals surface area (Å²) in [5.41, 5.74) is 1.37. The van der Waals surface area contributed by atoms with Crippen LogP contribution >= 0.6 is 11.6 Å². The topological polar surface area (TPSA) is 29.0 Å². The molecule has 3 heterocycles. The van der Waals surface area contributed by atoms with Crippen molar-refractivity contribution in [2.75, 3.05) is 4.90 Å². The van der Waals surface area contributed by atoms with Crippen LogP contribution in [0, 0.1) is 0 Å². The largest absolute Gasteiger partial charge is 0.334 e. The van der Waals surface area contributed by atoms with Crippen molar-refractivity contribution >= 4 is 17.5 Å². The molecule has 0 radical (unpaired) electrons. The Bertz CT molecular complexity index is 399. The molecule has 84 valence electrons. The molecule has 1 aromatic rings. The number of anilines is 1. The van der Waals surface area contributed by atoms with E-state index in [2.05, 4.69) is 21.4 Å². The predicted molar refractivity (Wildman–Crippen MR) is 64.7 cm³/mol. The first-order chi connectivity index (χ1) is 7.74. The normalized spacial score (nSPS) is 28.6. The fraction of sp³-hybridized carbons (Fsp3) is 0.500. The first kappa shape index (κ1) is 10.1. The van der Waals surface area contributed by atoms with E-state index in [0.717, 1.165) is 18.8 Å². The number of fused-ring (bicyclic) bond motifs is 2. The molecular formula is C12H14ClN3. The van der Waals surface area contributed by atoms with E-state index in [1.165, 1.54) is 18.4 Å². The van der Waals surface area contributed by atoms with Crippen LogP contribution in [0.5, 0.6) is 0 Å². The van der Waals surface area contributed by atoms with Crippen molar-refractivity contribution in [3.8, 4) is 0 Å². The standard InChI is InChI=1S/C12H14ClN3/c1-8-4-10-2-3-11(5-8)16(10)12-14-6-9(13)7-15-12/h6-7,10-11H,1-5H2. The van der Waals surface area contributed by atoms with Crippen molar-refractivity contribution in [2.24, 2.45) is 0 Å². The summed E-state index contributed by atoms with van der Waals surface area (Å²) >= 11 is 5.80. The van der Waals surface area contributed by atoms with Crippen LogP contribution in [0.15, 0.2) is 24.5 Å². The maximum absolute atomic E-state index is 5.80. The highest BCUT2D eigenvalue weighted by Gasteiger charge is 2.39. The van der Waals surface area contributed by atoms with Crippen molar-refractivity contribution in [1.29, 1.82) is 0 Å². The number of hydrogen-bond donors (Lipinski definition) is 0. The van der Waals surface area contributed by atoms with Gasteiger partial charge in [-0.05, 0) is 25.7 Å². The van der Waals surface area contributed by atoms with Gasteiger partial charge in [0.05, 0.1) is 17.4 Å². The van der Waals surface area contributed by atoms with Crippen molar-refractivity contribution < 1.29 is 0 Å². The Morgan fingerprint density at radius 3 is 2.31 bits per heavy atom. The molecule has 0 aliphatic carbocycles. The average molecular weight is 236 g/mol. The summed E-state index contributed by atoms with van der Waals surface area (Å²) in [6.07, 6.45) is 7.98. The molecule has 2 atom stereocenters. The van der Waals surface area contributed by atoms with Gasteiger partial charge in [0.15, 0.2) is 0 Å². The zero-order chi connectivity index (χ0) is 11.1. The third-order valence-electron chi connectivity index (χ3n) is 3.51. The number of hydrogen-bond acceptors (Lipinski definition) is 3. The Hall–Kier alpha value is -1.09. The van der Waals surface area contributed by atoms with E-state index >= 15 is 0 Å². The van der Waals surface area contributed by atoms with Crippen LogP contribution in [0.3, 0.4) is 0 Å². The van der Waals surface area contributed by atoms with Gasteiger partial charge in [-0.3, -0.25) is 0 Å². The zero-order valence-electron chi connectivity index (χ0n) is 9.06. The minimum atomic E-state index is 0.549. The lowest BCUT2D eigenvalue weighted by Crippen LogP contribution is -2.41. The van der Waals surface area contributed by atoms with E-state index in [4.69, 9.17) is 11.6 Å². The molecule has 2 bridgehead atoms. The molecule has 0 amide bonds. The highest BCUT2D eigenvalue weighted by Crippen LogP contribution is 2.39. The van der Waals surface area contributed by atoms with Crippen molar-refractivity contribution in [1.82, 2.24) is 9.97 Å². The van der Waals surface area contributed by atoms with Gasteiger partial charge in [0, 0.05) is 12.1 Å². The number of aromatic nitrogens is 2. The first-order valence-electron chi connectivity index (χ1n) is 5.66. The molecule has 0 N–H and O–H groups in total. The molecule has 0 saturated carbocycles. The van der Waals surface area contributed by atoms with E-state index in [1.807, 2.05) is 0 Å². The molecule has 3 rings (SSSR count). The Labute approximate surface area is 100 Å². The monoisotopic (exact) mass is 235 g/mol. The van der Waals surface area contributed by atoms with Gasteiger partial charge in [-0.1, -0.05) is 23.8 Å². The fourth-order valence-electron chi connectivity index (χ4n) is 2.88. The maximum atomic E-state index is 5.80. The molecule has 2 unspecified atom stereocenters. The smallest absolute Gasteiger partial charge is 0.225 e. The summed E-state index contributed by atoms with van der Waals surface area (Å²) in [5, 5.41) is 0.595. The van der Waals surface area contributed by atoms with Crippen LogP contribution < -0.4 is 4.90 Å². The molecule has 2 aliphatic rings. The Kier molecular flexibility index (Phi) is 2.36. The molecule has 2 fully saturated rings. The van der Waals surface area contributed by atoms with Gasteiger partial charge in [0.25, 0.3) is 0 Å². The highest BCUT2D eigenvalue weighted by atomic mass is 35.5. The van der Waals surface area contributed by atoms with Crippen LogP contribution in [0.1, 0.15) is 25.7 Å². The van der Waals surface area contributed by atoms with Crippen LogP contribution in [-0.2, 0) is 0 Å². The number of rotatable bonds is 1. The Morgan fingerprint density at radius 1 is 1.19 bits per heavy atom. The molecule has 2 saturated heterocycles. The summed E-state index contributed by atoms with van der Waals surface area (Å²) in [6.45, 7) is 4.11. The Morgan fingerprint density at radius 2 is 1.75 bits per heavy atom. The fourth-order valence-corrected chi connectivity index (χ4v) is 2.97. The molecule has 0 aromatic carbocycles. The first-order valence-corrected chi connectivity index (χ1v) is 6.04. The van der Waals surface area contributed by atoms with Crippen LogP contribution in [0.2, 0.25) is 5.02 Å². The summed E-state index contributed by atoms with van der Waals surface area (Å²) in [4.78, 5) is 11.0. The molecule has 16 heavy (non-hydrogen) atoms. The van der Waals surface area contributed by atoms with Crippen molar-refractivity contribution in [3.63, 3.8) is 0 Å². The Balaban J connectivity index is 1.90. The maximum Gasteiger partial charge on any atom is 0.225 e. The molecule has 0 spiro atoms. The van der Waals surface area contributed by atoms with E-state index in [0.29, 0.717) is 17.1 Å². The van der Waals surface area contributed by atoms with Crippen molar-refractivity contribution in [2.45, 2.75) is 37.8 Å². The average Bonchev–Trinajstić information content (AvgIpc) is 2.54. The summed E-state index contributed by atoms with van der Waals surface area (Å²) in [5.74, 6) is 0.824. The summed E-state index contributed by atoms with van der Waals surface area (Å²) in [7, 11) is 0. The number of piperidine rings is 1. The molecular weight excluding hydrogens is 222 g/mol. The van der Waals surface area contributed by atoms with E-state index in [-0.39, 0.29) is 0 Å². The minimum absolute atomic E-state index is 0.549. The third kappa shape index (κ3) is 1.59. The second-order valence-electron chi connectivity index (χ2n) is 4.65. The lowest BCUT2D eigenvalue weighted by molar-refractivity contribution is 0.539. The third-order valence-corrected chi connectivity index (χ3v) is 3.70. The zero-order valence-corrected chi connectivity index (χ0v) is 9.82. The van der Waals surface area contributed by atoms with Gasteiger partial charge in [0.1, 0.15) is 0 Å². The van der Waals surface area contributed by atoms with E-state index in [1.54, 1.807) is 12.4 Å². The van der Waals surface area contributed by atoms with Gasteiger partial charge in [-0.25, -0.2) is 9.97 Å². The lowest BCUT2D eigenvalue weighted by Gasteiger charge is -2.35. The lowest BCUT2D eigenvalue weighted by atomic mass is 9.99. The van der Waals surface area contributed by atoms with Crippen LogP contribution in [0.4, 0.5) is 5.95 Å². The second-order valence-corrected chi connectivity index (χ2v) is 5.09. The van der Waals surface area contributed by atoms with Gasteiger partial charge >= 0.3 is 0 Å². The van der Waals surface area contributed by atoms with Gasteiger partial charge in [-0.15, -0.1) is 0 Å². The molecule has 2 aliphatic heterocycles. The van der Waals surface area contributed by atoms with Crippen LogP contribution in [0.25, 0.3) is 0 Å². The summed E-state index contributed by atoms with van der Waals surface area (Å²) in [6, 6.07) is 1.10. The predicted octanol–water partition coefficient (Wildman–Crippen LogP) is 2.82. The highest BCUT2D eigenvalue weighted by molar-refractivity contribution is 6.30. The second kappa shape index (κ2) is 3.74. The molecule has 4 heteroatoms. The SMILES string of the molecule is C=C1CC2CCC(C1)N2c1ncc(Cl)cn1. The number of halogens is 1. The van der Waals surface area contributed by atoms with Gasteiger partial charge in [0.2, 0.25) is 5.95 Å². The molecule has 3 nitrogen and oxygen atoms in total. The quantitative estimate of drug-likeness (QED) is 0.701. The number of nitrogens with zero attached hydrogens (tertiary/aromatic N) is 3.